The fourth-order valence-corrected chi connectivity index (χ4v) is 3.29. The Labute approximate surface area is 130 Å². The van der Waals surface area contributed by atoms with Crippen LogP contribution in [0.4, 0.5) is 4.79 Å². The molecule has 0 aliphatic carbocycles. The normalized spacial score (nSPS) is 10.6. The maximum atomic E-state index is 12.1. The largest absolute Gasteiger partial charge is 0.338 e. The predicted octanol–water partition coefficient (Wildman–Crippen LogP) is 4.05. The van der Waals surface area contributed by atoms with Gasteiger partial charge in [0, 0.05) is 24.3 Å². The van der Waals surface area contributed by atoms with Crippen LogP contribution in [-0.2, 0) is 6.42 Å². The van der Waals surface area contributed by atoms with E-state index >= 15 is 0 Å². The summed E-state index contributed by atoms with van der Waals surface area (Å²) in [5.74, 6) is 0. The van der Waals surface area contributed by atoms with Crippen molar-refractivity contribution in [3.63, 3.8) is 0 Å². The molecule has 2 rings (SSSR count). The third-order valence-electron chi connectivity index (χ3n) is 3.36. The molecule has 0 atom stereocenters. The van der Waals surface area contributed by atoms with Crippen LogP contribution in [0.15, 0.2) is 41.8 Å². The second kappa shape index (κ2) is 7.27. The van der Waals surface area contributed by atoms with Gasteiger partial charge in [0.1, 0.15) is 0 Å². The van der Waals surface area contributed by atoms with Crippen LogP contribution in [0.2, 0.25) is 0 Å². The summed E-state index contributed by atoms with van der Waals surface area (Å²) in [5.41, 5.74) is 2.30. The number of fused-ring (bicyclic) bond motifs is 1. The molecule has 0 fully saturated rings. The van der Waals surface area contributed by atoms with Gasteiger partial charge < -0.3 is 10.2 Å². The van der Waals surface area contributed by atoms with Crippen molar-refractivity contribution in [2.45, 2.75) is 20.3 Å². The lowest BCUT2D eigenvalue weighted by Gasteiger charge is -2.21. The van der Waals surface area contributed by atoms with E-state index in [-0.39, 0.29) is 6.03 Å². The molecule has 21 heavy (non-hydrogen) atoms. The van der Waals surface area contributed by atoms with Crippen molar-refractivity contribution in [3.05, 3.63) is 47.4 Å². The van der Waals surface area contributed by atoms with Gasteiger partial charge in [-0.2, -0.15) is 0 Å². The zero-order valence-electron chi connectivity index (χ0n) is 12.7. The minimum Gasteiger partial charge on any atom is -0.338 e. The molecule has 0 saturated carbocycles. The average molecular weight is 302 g/mol. The first-order chi connectivity index (χ1) is 10.1. The summed E-state index contributed by atoms with van der Waals surface area (Å²) >= 11 is 1.76. The molecule has 3 nitrogen and oxygen atoms in total. The maximum absolute atomic E-state index is 12.1. The van der Waals surface area contributed by atoms with E-state index in [2.05, 4.69) is 41.5 Å². The highest BCUT2D eigenvalue weighted by Gasteiger charge is 2.11. The topological polar surface area (TPSA) is 32.3 Å². The molecule has 2 amide bonds. The highest BCUT2D eigenvalue weighted by atomic mass is 32.1. The van der Waals surface area contributed by atoms with Crippen molar-refractivity contribution in [2.24, 2.45) is 0 Å². The molecule has 0 unspecified atom stereocenters. The van der Waals surface area contributed by atoms with Crippen LogP contribution in [0.5, 0.6) is 0 Å². The number of carbonyl (C=O) groups excluding carboxylic acids is 1. The molecule has 0 aliphatic rings. The lowest BCUT2D eigenvalue weighted by molar-refractivity contribution is 0.205. The van der Waals surface area contributed by atoms with Gasteiger partial charge >= 0.3 is 6.03 Å². The van der Waals surface area contributed by atoms with Gasteiger partial charge in [-0.1, -0.05) is 30.4 Å². The fraction of sp³-hybridized carbons (Fsp3) is 0.353. The first-order valence-electron chi connectivity index (χ1n) is 7.24. The van der Waals surface area contributed by atoms with Crippen molar-refractivity contribution in [3.8, 4) is 0 Å². The number of amides is 2. The third-order valence-corrected chi connectivity index (χ3v) is 4.37. The number of likely N-dealkylation sites (N-methyl/N-ethyl adjacent to an activating group) is 1. The number of hydrogen-bond donors (Lipinski definition) is 1. The van der Waals surface area contributed by atoms with Crippen LogP contribution in [0.3, 0.4) is 0 Å². The summed E-state index contributed by atoms with van der Waals surface area (Å²) in [6.07, 6.45) is 0.861. The van der Waals surface area contributed by atoms with Crippen molar-refractivity contribution in [1.82, 2.24) is 10.2 Å². The van der Waals surface area contributed by atoms with Crippen LogP contribution in [-0.4, -0.2) is 30.6 Å². The second-order valence-electron chi connectivity index (χ2n) is 5.21. The van der Waals surface area contributed by atoms with Crippen LogP contribution in [0, 0.1) is 0 Å². The average Bonchev–Trinajstić information content (AvgIpc) is 2.88. The Balaban J connectivity index is 1.89. The van der Waals surface area contributed by atoms with Crippen molar-refractivity contribution < 1.29 is 4.79 Å². The Morgan fingerprint density at radius 3 is 2.86 bits per heavy atom. The molecular weight excluding hydrogens is 280 g/mol. The number of hydrogen-bond acceptors (Lipinski definition) is 2. The standard InChI is InChI=1S/C17H22N2OS/c1-4-19(11-13(2)3)17(20)18-10-9-14-12-21-16-8-6-5-7-15(14)16/h5-8,12H,2,4,9-11H2,1,3H3,(H,18,20). The quantitative estimate of drug-likeness (QED) is 0.802. The highest BCUT2D eigenvalue weighted by Crippen LogP contribution is 2.25. The number of benzene rings is 1. The molecule has 0 radical (unpaired) electrons. The summed E-state index contributed by atoms with van der Waals surface area (Å²) in [4.78, 5) is 13.9. The van der Waals surface area contributed by atoms with E-state index in [0.29, 0.717) is 19.6 Å². The van der Waals surface area contributed by atoms with E-state index in [1.165, 1.54) is 15.6 Å². The molecule has 4 heteroatoms. The molecule has 1 aromatic heterocycles. The number of nitrogens with one attached hydrogen (secondary N) is 1. The minimum atomic E-state index is -0.0139. The van der Waals surface area contributed by atoms with E-state index in [0.717, 1.165) is 12.0 Å². The van der Waals surface area contributed by atoms with Crippen LogP contribution < -0.4 is 5.32 Å². The zero-order chi connectivity index (χ0) is 15.2. The van der Waals surface area contributed by atoms with E-state index < -0.39 is 0 Å². The lowest BCUT2D eigenvalue weighted by atomic mass is 10.1. The molecule has 0 saturated heterocycles. The molecule has 1 aromatic carbocycles. The Morgan fingerprint density at radius 2 is 2.14 bits per heavy atom. The summed E-state index contributed by atoms with van der Waals surface area (Å²) in [5, 5.41) is 6.47. The van der Waals surface area contributed by atoms with Crippen molar-refractivity contribution in [1.29, 1.82) is 0 Å². The smallest absolute Gasteiger partial charge is 0.317 e. The second-order valence-corrected chi connectivity index (χ2v) is 6.12. The monoisotopic (exact) mass is 302 g/mol. The first-order valence-corrected chi connectivity index (χ1v) is 8.12. The number of urea groups is 1. The molecule has 112 valence electrons. The number of carbonyl (C=O) groups is 1. The van der Waals surface area contributed by atoms with Gasteiger partial charge in [-0.15, -0.1) is 11.3 Å². The van der Waals surface area contributed by atoms with Gasteiger partial charge in [0.05, 0.1) is 0 Å². The van der Waals surface area contributed by atoms with Gasteiger partial charge in [-0.3, -0.25) is 0 Å². The Hall–Kier alpha value is -1.81. The molecule has 2 aromatic rings. The van der Waals surface area contributed by atoms with Crippen LogP contribution in [0.1, 0.15) is 19.4 Å². The van der Waals surface area contributed by atoms with Crippen molar-refractivity contribution >= 4 is 27.5 Å². The maximum Gasteiger partial charge on any atom is 0.317 e. The lowest BCUT2D eigenvalue weighted by Crippen LogP contribution is -2.41. The summed E-state index contributed by atoms with van der Waals surface area (Å²) in [6, 6.07) is 8.38. The minimum absolute atomic E-state index is 0.0139. The molecule has 1 N–H and O–H groups in total. The number of nitrogens with zero attached hydrogens (tertiary/aromatic N) is 1. The number of thiophene rings is 1. The van der Waals surface area contributed by atoms with Gasteiger partial charge in [-0.25, -0.2) is 4.79 Å². The van der Waals surface area contributed by atoms with Gasteiger partial charge in [-0.05, 0) is 42.7 Å². The first kappa shape index (κ1) is 15.6. The third kappa shape index (κ3) is 4.08. The van der Waals surface area contributed by atoms with Gasteiger partial charge in [0.2, 0.25) is 0 Å². The fourth-order valence-electron chi connectivity index (χ4n) is 2.30. The predicted molar refractivity (Wildman–Crippen MR) is 91.0 cm³/mol. The molecule has 0 aliphatic heterocycles. The summed E-state index contributed by atoms with van der Waals surface area (Å²) in [6.45, 7) is 9.75. The summed E-state index contributed by atoms with van der Waals surface area (Å²) in [7, 11) is 0. The van der Waals surface area contributed by atoms with Crippen LogP contribution in [0.25, 0.3) is 10.1 Å². The van der Waals surface area contributed by atoms with E-state index in [1.807, 2.05) is 13.8 Å². The van der Waals surface area contributed by atoms with E-state index in [1.54, 1.807) is 16.2 Å². The Bertz CT molecular complexity index is 633. The summed E-state index contributed by atoms with van der Waals surface area (Å²) < 4.78 is 1.30. The molecule has 0 spiro atoms. The van der Waals surface area contributed by atoms with Crippen LogP contribution >= 0.6 is 11.3 Å². The van der Waals surface area contributed by atoms with Gasteiger partial charge in [0.15, 0.2) is 0 Å². The highest BCUT2D eigenvalue weighted by molar-refractivity contribution is 7.17. The molecular formula is C17H22N2OS. The van der Waals surface area contributed by atoms with Crippen molar-refractivity contribution in [2.75, 3.05) is 19.6 Å². The zero-order valence-corrected chi connectivity index (χ0v) is 13.5. The Morgan fingerprint density at radius 1 is 1.38 bits per heavy atom. The van der Waals surface area contributed by atoms with E-state index in [9.17, 15) is 4.79 Å². The molecule has 0 bridgehead atoms. The van der Waals surface area contributed by atoms with E-state index in [4.69, 9.17) is 0 Å². The molecule has 1 heterocycles. The SMILES string of the molecule is C=C(C)CN(CC)C(=O)NCCc1csc2ccccc12. The number of rotatable bonds is 6. The van der Waals surface area contributed by atoms with Gasteiger partial charge in [0.25, 0.3) is 0 Å². The Kier molecular flexibility index (Phi) is 5.39.